The SMILES string of the molecule is [2H]c1c([2H])c([2H])c(-c2ccnc(-c3cc(-c4cccc5c4nc(-c4cc(C(C)(C)C)cc(C)c4O)n5-c4ccc(C(C)C)cc4-c4ccccc4)cc(C(C)(C)C)c3)c2)c([2H])c1[2H]. The van der Waals surface area contributed by atoms with Crippen LogP contribution in [-0.2, 0) is 10.8 Å². The molecule has 0 amide bonds. The highest BCUT2D eigenvalue weighted by Crippen LogP contribution is 2.44. The molecule has 0 bridgehead atoms. The highest BCUT2D eigenvalue weighted by molar-refractivity contribution is 5.98. The molecule has 8 aromatic rings. The van der Waals surface area contributed by atoms with Crippen LogP contribution in [0.1, 0.15) is 90.4 Å². The molecular weight excluding hydrogens is 707 g/mol. The Hall–Kier alpha value is -6.26. The van der Waals surface area contributed by atoms with Gasteiger partial charge in [0.05, 0.1) is 34.8 Å². The van der Waals surface area contributed by atoms with Gasteiger partial charge < -0.3 is 5.11 Å². The van der Waals surface area contributed by atoms with Crippen molar-refractivity contribution in [1.82, 2.24) is 14.5 Å². The summed E-state index contributed by atoms with van der Waals surface area (Å²) in [5, 5.41) is 12.0. The molecule has 0 saturated heterocycles. The quantitative estimate of drug-likeness (QED) is 0.176. The summed E-state index contributed by atoms with van der Waals surface area (Å²) in [5.74, 6) is 1.11. The number of hydrogen-bond acceptors (Lipinski definition) is 3. The summed E-state index contributed by atoms with van der Waals surface area (Å²) in [6, 6.07) is 35.6. The molecule has 58 heavy (non-hydrogen) atoms. The van der Waals surface area contributed by atoms with Crippen molar-refractivity contribution in [3.8, 4) is 67.5 Å². The number of aromatic nitrogens is 3. The number of rotatable bonds is 7. The van der Waals surface area contributed by atoms with Gasteiger partial charge in [0.2, 0.25) is 0 Å². The summed E-state index contributed by atoms with van der Waals surface area (Å²) < 4.78 is 44.3. The average Bonchev–Trinajstić information content (AvgIpc) is 3.64. The number of phenolic OH excluding ortho intramolecular Hbond substituents is 1. The van der Waals surface area contributed by atoms with Crippen molar-refractivity contribution in [2.45, 2.75) is 79.1 Å². The lowest BCUT2D eigenvalue weighted by atomic mass is 9.83. The van der Waals surface area contributed by atoms with Crippen LogP contribution in [0.3, 0.4) is 0 Å². The molecule has 0 aliphatic rings. The molecule has 4 heteroatoms. The first kappa shape index (κ1) is 32.8. The summed E-state index contributed by atoms with van der Waals surface area (Å²) in [7, 11) is 0. The van der Waals surface area contributed by atoms with E-state index in [1.807, 2.05) is 13.0 Å². The number of para-hydroxylation sites is 1. The van der Waals surface area contributed by atoms with Crippen molar-refractivity contribution < 1.29 is 12.0 Å². The summed E-state index contributed by atoms with van der Waals surface area (Å²) in [4.78, 5) is 10.3. The van der Waals surface area contributed by atoms with Crippen LogP contribution in [0.2, 0.25) is 0 Å². The number of phenols is 1. The predicted molar refractivity (Wildman–Crippen MR) is 244 cm³/mol. The van der Waals surface area contributed by atoms with Crippen LogP contribution >= 0.6 is 0 Å². The van der Waals surface area contributed by atoms with E-state index in [9.17, 15) is 5.11 Å². The molecular formula is C54H53N3O. The molecule has 0 aliphatic heterocycles. The van der Waals surface area contributed by atoms with E-state index >= 15 is 0 Å². The summed E-state index contributed by atoms with van der Waals surface area (Å²) in [5.41, 5.74) is 12.8. The molecule has 290 valence electrons. The van der Waals surface area contributed by atoms with Crippen LogP contribution in [0.25, 0.3) is 72.7 Å². The fourth-order valence-corrected chi connectivity index (χ4v) is 7.60. The second kappa shape index (κ2) is 14.9. The van der Waals surface area contributed by atoms with Crippen molar-refractivity contribution >= 4 is 11.0 Å². The largest absolute Gasteiger partial charge is 0.507 e. The Labute approximate surface area is 351 Å². The summed E-state index contributed by atoms with van der Waals surface area (Å²) in [6.07, 6.45) is 1.62. The van der Waals surface area contributed by atoms with Crippen LogP contribution in [0.5, 0.6) is 5.75 Å². The van der Waals surface area contributed by atoms with E-state index in [1.165, 1.54) is 5.56 Å². The van der Waals surface area contributed by atoms with Crippen molar-refractivity contribution in [3.05, 3.63) is 168 Å². The van der Waals surface area contributed by atoms with Gasteiger partial charge in [0.1, 0.15) is 11.6 Å². The summed E-state index contributed by atoms with van der Waals surface area (Å²) in [6.45, 7) is 19.4. The fraction of sp³-hybridized carbons (Fsp3) is 0.222. The number of nitrogens with zero attached hydrogens (tertiary/aromatic N) is 3. The molecule has 8 rings (SSSR count). The van der Waals surface area contributed by atoms with Crippen molar-refractivity contribution in [2.75, 3.05) is 0 Å². The molecule has 0 aliphatic carbocycles. The lowest BCUT2D eigenvalue weighted by Crippen LogP contribution is -2.12. The zero-order chi connectivity index (χ0) is 45.3. The number of benzene rings is 6. The normalized spacial score (nSPS) is 13.3. The molecule has 1 N–H and O–H groups in total. The number of fused-ring (bicyclic) bond motifs is 1. The van der Waals surface area contributed by atoms with Gasteiger partial charge in [0, 0.05) is 22.9 Å². The van der Waals surface area contributed by atoms with Gasteiger partial charge in [-0.1, -0.05) is 146 Å². The number of imidazole rings is 1. The van der Waals surface area contributed by atoms with Crippen molar-refractivity contribution in [2.24, 2.45) is 0 Å². The topological polar surface area (TPSA) is 50.9 Å². The van der Waals surface area contributed by atoms with E-state index in [4.69, 9.17) is 16.8 Å². The van der Waals surface area contributed by atoms with Gasteiger partial charge in [-0.25, -0.2) is 4.98 Å². The fourth-order valence-electron chi connectivity index (χ4n) is 7.60. The monoisotopic (exact) mass is 764 g/mol. The van der Waals surface area contributed by atoms with Crippen LogP contribution < -0.4 is 0 Å². The van der Waals surface area contributed by atoms with Gasteiger partial charge >= 0.3 is 0 Å². The van der Waals surface area contributed by atoms with Crippen LogP contribution in [0, 0.1) is 6.92 Å². The minimum Gasteiger partial charge on any atom is -0.507 e. The van der Waals surface area contributed by atoms with Gasteiger partial charge in [0.15, 0.2) is 0 Å². The minimum absolute atomic E-state index is 0.130. The molecule has 0 atom stereocenters. The molecule has 0 spiro atoms. The van der Waals surface area contributed by atoms with Crippen LogP contribution in [0.15, 0.2) is 146 Å². The van der Waals surface area contributed by atoms with Gasteiger partial charge in [0.25, 0.3) is 0 Å². The Bertz CT molecular complexity index is 3050. The molecule has 0 radical (unpaired) electrons. The van der Waals surface area contributed by atoms with Gasteiger partial charge in [-0.2, -0.15) is 0 Å². The maximum absolute atomic E-state index is 12.0. The van der Waals surface area contributed by atoms with E-state index in [2.05, 4.69) is 151 Å². The molecule has 2 heterocycles. The molecule has 4 nitrogen and oxygen atoms in total. The van der Waals surface area contributed by atoms with Crippen molar-refractivity contribution in [1.29, 1.82) is 0 Å². The molecule has 6 aromatic carbocycles. The smallest absolute Gasteiger partial charge is 0.149 e. The second-order valence-electron chi connectivity index (χ2n) is 17.7. The number of aryl methyl sites for hydroxylation is 1. The van der Waals surface area contributed by atoms with E-state index in [0.29, 0.717) is 28.6 Å². The zero-order valence-corrected chi connectivity index (χ0v) is 34.8. The van der Waals surface area contributed by atoms with Gasteiger partial charge in [-0.3, -0.25) is 9.55 Å². The standard InChI is InChI=1S/C54H53N3O/c1-34(2)38-23-24-48(45(31-38)37-19-14-11-15-20-37)57-49-22-16-21-44(50(49)56-52(57)46-33-42(53(4,5)6)27-35(3)51(46)58)40-28-41(30-43(29-40)54(7,8)9)47-32-39(25-26-55-47)36-17-12-10-13-18-36/h10-34,58H,1-9H3/i10D,12D,13D,17D,18D. The third-order valence-corrected chi connectivity index (χ3v) is 11.1. The van der Waals surface area contributed by atoms with E-state index in [0.717, 1.165) is 61.2 Å². The van der Waals surface area contributed by atoms with Crippen LogP contribution in [-0.4, -0.2) is 19.6 Å². The Morgan fingerprint density at radius 2 is 1.33 bits per heavy atom. The Kier molecular flexibility index (Phi) is 8.43. The molecule has 0 unspecified atom stereocenters. The molecule has 0 fully saturated rings. The zero-order valence-electron chi connectivity index (χ0n) is 39.8. The second-order valence-corrected chi connectivity index (χ2v) is 17.7. The Morgan fingerprint density at radius 3 is 2.03 bits per heavy atom. The first-order valence-corrected chi connectivity index (χ1v) is 20.0. The highest BCUT2D eigenvalue weighted by atomic mass is 16.3. The predicted octanol–water partition coefficient (Wildman–Crippen LogP) is 14.5. The van der Waals surface area contributed by atoms with E-state index in [-0.39, 0.29) is 46.3 Å². The molecule has 0 saturated carbocycles. The minimum atomic E-state index is -0.429. The third kappa shape index (κ3) is 7.36. The number of hydrogen-bond donors (Lipinski definition) is 1. The van der Waals surface area contributed by atoms with Crippen LogP contribution in [0.4, 0.5) is 0 Å². The Morgan fingerprint density at radius 1 is 0.621 bits per heavy atom. The number of pyridine rings is 1. The van der Waals surface area contributed by atoms with Crippen molar-refractivity contribution in [3.63, 3.8) is 0 Å². The highest BCUT2D eigenvalue weighted by Gasteiger charge is 2.26. The average molecular weight is 765 g/mol. The Balaban J connectivity index is 1.42. The lowest BCUT2D eigenvalue weighted by Gasteiger charge is -2.22. The van der Waals surface area contributed by atoms with Gasteiger partial charge in [-0.15, -0.1) is 0 Å². The first-order valence-electron chi connectivity index (χ1n) is 22.5. The maximum Gasteiger partial charge on any atom is 0.149 e. The maximum atomic E-state index is 12.0. The van der Waals surface area contributed by atoms with E-state index in [1.54, 1.807) is 18.3 Å². The first-order chi connectivity index (χ1) is 29.7. The third-order valence-electron chi connectivity index (χ3n) is 11.1. The summed E-state index contributed by atoms with van der Waals surface area (Å²) >= 11 is 0. The lowest BCUT2D eigenvalue weighted by molar-refractivity contribution is 0.471. The van der Waals surface area contributed by atoms with Gasteiger partial charge in [-0.05, 0) is 117 Å². The molecule has 2 aromatic heterocycles. The number of aromatic hydroxyl groups is 1. The van der Waals surface area contributed by atoms with E-state index < -0.39 is 6.04 Å².